The highest BCUT2D eigenvalue weighted by molar-refractivity contribution is 5.89. The van der Waals surface area contributed by atoms with Crippen molar-refractivity contribution in [1.82, 2.24) is 4.57 Å². The fourth-order valence-electron chi connectivity index (χ4n) is 1.84. The summed E-state index contributed by atoms with van der Waals surface area (Å²) in [5.41, 5.74) is 1.19. The fourth-order valence-corrected chi connectivity index (χ4v) is 1.84. The number of nitriles is 1. The number of hydrogen-bond donors (Lipinski definition) is 0. The highest BCUT2D eigenvalue weighted by Gasteiger charge is 2.10. The Morgan fingerprint density at radius 2 is 2.15 bits per heavy atom. The minimum atomic E-state index is -0.495. The summed E-state index contributed by atoms with van der Waals surface area (Å²) in [5.74, 6) is -0.495. The average molecular weight is 268 g/mol. The monoisotopic (exact) mass is 268 g/mol. The molecule has 0 unspecified atom stereocenters. The predicted molar refractivity (Wildman–Crippen MR) is 72.3 cm³/mol. The van der Waals surface area contributed by atoms with Gasteiger partial charge in [-0.2, -0.15) is 5.26 Å². The minimum Gasteiger partial charge on any atom is -0.465 e. The molecule has 1 aromatic heterocycles. The van der Waals surface area contributed by atoms with Crippen LogP contribution in [0.25, 0.3) is 0 Å². The lowest BCUT2D eigenvalue weighted by molar-refractivity contribution is 0.0600. The van der Waals surface area contributed by atoms with Gasteiger partial charge in [-0.25, -0.2) is 4.79 Å². The van der Waals surface area contributed by atoms with Gasteiger partial charge < -0.3 is 9.30 Å². The molecule has 0 spiro atoms. The van der Waals surface area contributed by atoms with E-state index >= 15 is 0 Å². The van der Waals surface area contributed by atoms with E-state index < -0.39 is 5.97 Å². The van der Waals surface area contributed by atoms with E-state index in [2.05, 4.69) is 4.74 Å². The van der Waals surface area contributed by atoms with Gasteiger partial charge in [0.1, 0.15) is 0 Å². The molecule has 0 bridgehead atoms. The number of aromatic nitrogens is 1. The zero-order valence-corrected chi connectivity index (χ0v) is 10.9. The van der Waals surface area contributed by atoms with Crippen molar-refractivity contribution in [1.29, 1.82) is 5.26 Å². The van der Waals surface area contributed by atoms with Gasteiger partial charge in [-0.05, 0) is 23.8 Å². The van der Waals surface area contributed by atoms with E-state index in [0.717, 1.165) is 0 Å². The van der Waals surface area contributed by atoms with Crippen LogP contribution in [-0.4, -0.2) is 17.6 Å². The standard InChI is InChI=1S/C15H12N2O3/c1-20-15(19)11-5-6-12(13(8-11)9-16)10-17-7-3-2-4-14(17)18/h2-8H,10H2,1H3. The van der Waals surface area contributed by atoms with Crippen molar-refractivity contribution >= 4 is 5.97 Å². The lowest BCUT2D eigenvalue weighted by Crippen LogP contribution is -2.19. The van der Waals surface area contributed by atoms with E-state index in [1.807, 2.05) is 6.07 Å². The summed E-state index contributed by atoms with van der Waals surface area (Å²) in [6, 6.07) is 11.6. The van der Waals surface area contributed by atoms with Crippen LogP contribution in [0.3, 0.4) is 0 Å². The SMILES string of the molecule is COC(=O)c1ccc(Cn2ccccc2=O)c(C#N)c1. The van der Waals surface area contributed by atoms with Crippen molar-refractivity contribution in [2.75, 3.05) is 7.11 Å². The van der Waals surface area contributed by atoms with E-state index in [9.17, 15) is 9.59 Å². The molecule has 0 radical (unpaired) electrons. The number of carbonyl (C=O) groups is 1. The number of rotatable bonds is 3. The summed E-state index contributed by atoms with van der Waals surface area (Å²) >= 11 is 0. The zero-order valence-electron chi connectivity index (χ0n) is 10.9. The number of ether oxygens (including phenoxy) is 1. The maximum absolute atomic E-state index is 11.7. The van der Waals surface area contributed by atoms with Gasteiger partial charge in [0.15, 0.2) is 0 Å². The molecule has 0 saturated carbocycles. The van der Waals surface area contributed by atoms with Gasteiger partial charge in [0.05, 0.1) is 30.9 Å². The third-order valence-corrected chi connectivity index (χ3v) is 2.89. The first-order chi connectivity index (χ1) is 9.65. The molecule has 5 nitrogen and oxygen atoms in total. The van der Waals surface area contributed by atoms with Crippen molar-refractivity contribution < 1.29 is 9.53 Å². The van der Waals surface area contributed by atoms with Gasteiger partial charge >= 0.3 is 5.97 Å². The van der Waals surface area contributed by atoms with Crippen LogP contribution in [0.5, 0.6) is 0 Å². The van der Waals surface area contributed by atoms with Crippen LogP contribution in [0.1, 0.15) is 21.5 Å². The summed E-state index contributed by atoms with van der Waals surface area (Å²) in [6.07, 6.45) is 1.65. The first-order valence-electron chi connectivity index (χ1n) is 5.92. The summed E-state index contributed by atoms with van der Waals surface area (Å²) in [7, 11) is 1.28. The highest BCUT2D eigenvalue weighted by atomic mass is 16.5. The fraction of sp³-hybridized carbons (Fsp3) is 0.133. The largest absolute Gasteiger partial charge is 0.465 e. The van der Waals surface area contributed by atoms with Gasteiger partial charge in [-0.3, -0.25) is 4.79 Å². The van der Waals surface area contributed by atoms with Gasteiger partial charge in [-0.15, -0.1) is 0 Å². The number of hydrogen-bond acceptors (Lipinski definition) is 4. The number of nitrogens with zero attached hydrogens (tertiary/aromatic N) is 2. The maximum atomic E-state index is 11.7. The smallest absolute Gasteiger partial charge is 0.337 e. The van der Waals surface area contributed by atoms with Crippen LogP contribution in [0, 0.1) is 11.3 Å². The zero-order chi connectivity index (χ0) is 14.5. The van der Waals surface area contributed by atoms with Gasteiger partial charge in [0.2, 0.25) is 0 Å². The molecule has 5 heteroatoms. The third kappa shape index (κ3) is 2.75. The predicted octanol–water partition coefficient (Wildman–Crippen LogP) is 1.55. The first kappa shape index (κ1) is 13.6. The van der Waals surface area contributed by atoms with Crippen LogP contribution in [0.15, 0.2) is 47.4 Å². The Hall–Kier alpha value is -2.87. The number of carbonyl (C=O) groups excluding carboxylic acids is 1. The quantitative estimate of drug-likeness (QED) is 0.792. The molecular formula is C15H12N2O3. The van der Waals surface area contributed by atoms with Crippen LogP contribution in [0.2, 0.25) is 0 Å². The molecule has 2 aromatic rings. The topological polar surface area (TPSA) is 72.1 Å². The second-order valence-corrected chi connectivity index (χ2v) is 4.14. The summed E-state index contributed by atoms with van der Waals surface area (Å²) < 4.78 is 6.10. The second kappa shape index (κ2) is 5.85. The number of esters is 1. The van der Waals surface area contributed by atoms with Gasteiger partial charge in [0.25, 0.3) is 5.56 Å². The summed E-state index contributed by atoms with van der Waals surface area (Å²) in [6.45, 7) is 0.282. The Balaban J connectivity index is 2.39. The molecule has 0 saturated heterocycles. The summed E-state index contributed by atoms with van der Waals surface area (Å²) in [5, 5.41) is 9.16. The molecule has 1 heterocycles. The third-order valence-electron chi connectivity index (χ3n) is 2.89. The highest BCUT2D eigenvalue weighted by Crippen LogP contribution is 2.13. The van der Waals surface area contributed by atoms with Crippen molar-refractivity contribution in [2.45, 2.75) is 6.54 Å². The van der Waals surface area contributed by atoms with Crippen molar-refractivity contribution in [3.05, 3.63) is 69.6 Å². The van der Waals surface area contributed by atoms with Crippen LogP contribution < -0.4 is 5.56 Å². The lowest BCUT2D eigenvalue weighted by atomic mass is 10.0. The normalized spacial score (nSPS) is 9.80. The van der Waals surface area contributed by atoms with Crippen molar-refractivity contribution in [3.8, 4) is 6.07 Å². The molecular weight excluding hydrogens is 256 g/mol. The molecule has 0 aliphatic rings. The Labute approximate surface area is 115 Å². The Morgan fingerprint density at radius 1 is 1.35 bits per heavy atom. The van der Waals surface area contributed by atoms with Crippen molar-refractivity contribution in [2.24, 2.45) is 0 Å². The molecule has 0 atom stereocenters. The molecule has 0 amide bonds. The van der Waals surface area contributed by atoms with Crippen LogP contribution >= 0.6 is 0 Å². The van der Waals surface area contributed by atoms with E-state index in [0.29, 0.717) is 16.7 Å². The molecule has 20 heavy (non-hydrogen) atoms. The van der Waals surface area contributed by atoms with E-state index in [1.54, 1.807) is 30.5 Å². The molecule has 0 aliphatic heterocycles. The molecule has 2 rings (SSSR count). The number of benzene rings is 1. The molecule has 0 fully saturated rings. The maximum Gasteiger partial charge on any atom is 0.337 e. The Kier molecular flexibility index (Phi) is 3.96. The Bertz CT molecular complexity index is 741. The first-order valence-corrected chi connectivity index (χ1v) is 5.92. The minimum absolute atomic E-state index is 0.145. The van der Waals surface area contributed by atoms with Gasteiger partial charge in [0, 0.05) is 12.3 Å². The van der Waals surface area contributed by atoms with Gasteiger partial charge in [-0.1, -0.05) is 12.1 Å². The van der Waals surface area contributed by atoms with Crippen LogP contribution in [0.4, 0.5) is 0 Å². The molecule has 100 valence electrons. The van der Waals surface area contributed by atoms with E-state index in [-0.39, 0.29) is 12.1 Å². The molecule has 1 aromatic carbocycles. The lowest BCUT2D eigenvalue weighted by Gasteiger charge is -2.08. The Morgan fingerprint density at radius 3 is 2.80 bits per heavy atom. The van der Waals surface area contributed by atoms with E-state index in [4.69, 9.17) is 5.26 Å². The number of methoxy groups -OCH3 is 1. The molecule has 0 aliphatic carbocycles. The van der Waals surface area contributed by atoms with Crippen molar-refractivity contribution in [3.63, 3.8) is 0 Å². The second-order valence-electron chi connectivity index (χ2n) is 4.14. The average Bonchev–Trinajstić information content (AvgIpc) is 2.49. The van der Waals surface area contributed by atoms with E-state index in [1.165, 1.54) is 23.8 Å². The summed E-state index contributed by atoms with van der Waals surface area (Å²) in [4.78, 5) is 23.1. The number of pyridine rings is 1. The van der Waals surface area contributed by atoms with Crippen LogP contribution in [-0.2, 0) is 11.3 Å². The molecule has 0 N–H and O–H groups in total.